The van der Waals surface area contributed by atoms with Gasteiger partial charge in [-0.05, 0) is 24.1 Å². The predicted octanol–water partition coefficient (Wildman–Crippen LogP) is 3.97. The van der Waals surface area contributed by atoms with Gasteiger partial charge >= 0.3 is 11.9 Å². The number of ether oxygens (including phenoxy) is 4. The molecule has 26 heavy (non-hydrogen) atoms. The number of hydrogen-bond donors (Lipinski definition) is 0. The minimum absolute atomic E-state index is 0.0149. The van der Waals surface area contributed by atoms with E-state index in [1.165, 1.54) is 13.8 Å². The van der Waals surface area contributed by atoms with Crippen LogP contribution in [0.5, 0.6) is 5.75 Å². The van der Waals surface area contributed by atoms with Crippen LogP contribution in [0.3, 0.4) is 0 Å². The second-order valence-corrected chi connectivity index (χ2v) is 7.65. The molecule has 1 heterocycles. The minimum atomic E-state index is -0.871. The van der Waals surface area contributed by atoms with Gasteiger partial charge in [0.15, 0.2) is 6.10 Å². The molecular weight excluding hydrogens is 428 g/mol. The van der Waals surface area contributed by atoms with Gasteiger partial charge in [-0.3, -0.25) is 9.59 Å². The van der Waals surface area contributed by atoms with Crippen LogP contribution in [0.4, 0.5) is 0 Å². The Labute approximate surface area is 166 Å². The zero-order valence-corrected chi connectivity index (χ0v) is 17.4. The second kappa shape index (κ2) is 9.06. The molecule has 0 amide bonds. The Balaban J connectivity index is 2.23. The van der Waals surface area contributed by atoms with Gasteiger partial charge < -0.3 is 18.9 Å². The van der Waals surface area contributed by atoms with Crippen molar-refractivity contribution in [2.45, 2.75) is 46.2 Å². The zero-order chi connectivity index (χ0) is 19.4. The zero-order valence-electron chi connectivity index (χ0n) is 15.0. The van der Waals surface area contributed by atoms with E-state index in [-0.39, 0.29) is 30.5 Å². The van der Waals surface area contributed by atoms with Crippen molar-refractivity contribution in [1.29, 1.82) is 0 Å². The second-order valence-electron chi connectivity index (χ2n) is 6.33. The third-order valence-corrected chi connectivity index (χ3v) is 5.19. The van der Waals surface area contributed by atoms with Crippen LogP contribution >= 0.6 is 27.5 Å². The molecule has 0 spiro atoms. The van der Waals surface area contributed by atoms with Crippen molar-refractivity contribution in [3.05, 3.63) is 27.7 Å². The quantitative estimate of drug-likeness (QED) is 0.633. The summed E-state index contributed by atoms with van der Waals surface area (Å²) >= 11 is 9.56. The molecular formula is C18H22BrClO6. The van der Waals surface area contributed by atoms with E-state index in [4.69, 9.17) is 30.5 Å². The van der Waals surface area contributed by atoms with E-state index in [1.54, 1.807) is 18.2 Å². The molecule has 0 saturated carbocycles. The lowest BCUT2D eigenvalue weighted by Gasteiger charge is -2.43. The standard InChI is InChI=1S/C18H22BrClO6/c1-9-10(2)17(24-12(4)22)18(26-16(9)8-23-11(3)21)25-15-6-5-13(19)7-14(15)20/h5-7,9-10,16-18H,8H2,1-4H3/t9-,10-,16?,17?,18-/m0/s1. The Bertz CT molecular complexity index is 665. The smallest absolute Gasteiger partial charge is 0.303 e. The van der Waals surface area contributed by atoms with Crippen molar-refractivity contribution in [1.82, 2.24) is 0 Å². The van der Waals surface area contributed by atoms with Crippen molar-refractivity contribution in [2.75, 3.05) is 6.61 Å². The van der Waals surface area contributed by atoms with E-state index in [9.17, 15) is 9.59 Å². The maximum Gasteiger partial charge on any atom is 0.303 e. The summed E-state index contributed by atoms with van der Waals surface area (Å²) < 4.78 is 23.2. The summed E-state index contributed by atoms with van der Waals surface area (Å²) in [6, 6.07) is 5.18. The van der Waals surface area contributed by atoms with Crippen LogP contribution in [0.15, 0.2) is 22.7 Å². The fraction of sp³-hybridized carbons (Fsp3) is 0.556. The van der Waals surface area contributed by atoms with Crippen molar-refractivity contribution < 1.29 is 28.5 Å². The van der Waals surface area contributed by atoms with Gasteiger partial charge in [-0.1, -0.05) is 41.4 Å². The molecule has 1 aliphatic rings. The molecule has 0 aromatic heterocycles. The number of hydrogen-bond acceptors (Lipinski definition) is 6. The van der Waals surface area contributed by atoms with Gasteiger partial charge in [-0.15, -0.1) is 0 Å². The normalized spacial score (nSPS) is 28.3. The first kappa shape index (κ1) is 21.0. The van der Waals surface area contributed by atoms with Crippen LogP contribution in [0.1, 0.15) is 27.7 Å². The molecule has 8 heteroatoms. The SMILES string of the molecule is CC(=O)OCC1O[C@H](Oc2ccc(Br)cc2Cl)C(OC(C)=O)[C@@H](C)[C@@H]1C. The predicted molar refractivity (Wildman–Crippen MR) is 99.0 cm³/mol. The van der Waals surface area contributed by atoms with Crippen LogP contribution in [0.25, 0.3) is 0 Å². The van der Waals surface area contributed by atoms with Crippen molar-refractivity contribution in [3.63, 3.8) is 0 Å². The number of carbonyl (C=O) groups is 2. The maximum absolute atomic E-state index is 11.5. The van der Waals surface area contributed by atoms with E-state index >= 15 is 0 Å². The summed E-state index contributed by atoms with van der Waals surface area (Å²) in [5, 5.41) is 0.396. The van der Waals surface area contributed by atoms with Gasteiger partial charge in [0.1, 0.15) is 12.4 Å². The molecule has 2 rings (SSSR count). The van der Waals surface area contributed by atoms with Crippen molar-refractivity contribution in [3.8, 4) is 5.75 Å². The number of halogens is 2. The Hall–Kier alpha value is -1.31. The van der Waals surface area contributed by atoms with E-state index in [1.807, 2.05) is 13.8 Å². The molecule has 1 aromatic rings. The topological polar surface area (TPSA) is 71.1 Å². The highest BCUT2D eigenvalue weighted by molar-refractivity contribution is 9.10. The van der Waals surface area contributed by atoms with Gasteiger partial charge in [0, 0.05) is 24.2 Å². The van der Waals surface area contributed by atoms with E-state index in [0.717, 1.165) is 4.47 Å². The highest BCUT2D eigenvalue weighted by Gasteiger charge is 2.45. The summed E-state index contributed by atoms with van der Waals surface area (Å²) in [4.78, 5) is 22.7. The number of rotatable bonds is 5. The van der Waals surface area contributed by atoms with Gasteiger partial charge in [0.2, 0.25) is 6.29 Å². The lowest BCUT2D eigenvalue weighted by Crippen LogP contribution is -2.54. The first-order valence-electron chi connectivity index (χ1n) is 8.26. The summed E-state index contributed by atoms with van der Waals surface area (Å²) in [5.41, 5.74) is 0. The largest absolute Gasteiger partial charge is 0.463 e. The maximum atomic E-state index is 11.5. The molecule has 1 aliphatic heterocycles. The third kappa shape index (κ3) is 5.34. The fourth-order valence-corrected chi connectivity index (χ4v) is 3.51. The highest BCUT2D eigenvalue weighted by atomic mass is 79.9. The number of esters is 2. The molecule has 0 aliphatic carbocycles. The first-order valence-corrected chi connectivity index (χ1v) is 9.44. The highest BCUT2D eigenvalue weighted by Crippen LogP contribution is 2.36. The van der Waals surface area contributed by atoms with Crippen LogP contribution in [-0.4, -0.2) is 37.0 Å². The van der Waals surface area contributed by atoms with Gasteiger partial charge in [0.25, 0.3) is 0 Å². The molecule has 0 radical (unpaired) electrons. The summed E-state index contributed by atoms with van der Waals surface area (Å²) in [6.07, 6.45) is -1.87. The lowest BCUT2D eigenvalue weighted by molar-refractivity contribution is -0.253. The molecule has 1 fully saturated rings. The van der Waals surface area contributed by atoms with Gasteiger partial charge in [0.05, 0.1) is 11.1 Å². The van der Waals surface area contributed by atoms with E-state index in [0.29, 0.717) is 10.8 Å². The van der Waals surface area contributed by atoms with Crippen LogP contribution < -0.4 is 4.74 Å². The van der Waals surface area contributed by atoms with Crippen LogP contribution in [0, 0.1) is 11.8 Å². The summed E-state index contributed by atoms with van der Waals surface area (Å²) in [5.74, 6) is -0.494. The lowest BCUT2D eigenvalue weighted by atomic mass is 9.83. The number of carbonyl (C=O) groups excluding carboxylic acids is 2. The Morgan fingerprint density at radius 1 is 1.19 bits per heavy atom. The van der Waals surface area contributed by atoms with Crippen molar-refractivity contribution in [2.24, 2.45) is 11.8 Å². The molecule has 1 aromatic carbocycles. The van der Waals surface area contributed by atoms with Crippen molar-refractivity contribution >= 4 is 39.5 Å². The Morgan fingerprint density at radius 2 is 1.88 bits per heavy atom. The molecule has 0 bridgehead atoms. The van der Waals surface area contributed by atoms with Crippen LogP contribution in [-0.2, 0) is 23.8 Å². The third-order valence-electron chi connectivity index (χ3n) is 4.40. The van der Waals surface area contributed by atoms with Gasteiger partial charge in [-0.25, -0.2) is 0 Å². The number of benzene rings is 1. The monoisotopic (exact) mass is 448 g/mol. The van der Waals surface area contributed by atoms with Crippen LogP contribution in [0.2, 0.25) is 5.02 Å². The molecule has 5 atom stereocenters. The molecule has 2 unspecified atom stereocenters. The first-order chi connectivity index (χ1) is 12.2. The summed E-state index contributed by atoms with van der Waals surface area (Å²) in [6.45, 7) is 6.68. The Kier molecular flexibility index (Phi) is 7.32. The minimum Gasteiger partial charge on any atom is -0.463 e. The molecule has 0 N–H and O–H groups in total. The van der Waals surface area contributed by atoms with E-state index < -0.39 is 18.4 Å². The molecule has 1 saturated heterocycles. The average Bonchev–Trinajstić information content (AvgIpc) is 2.55. The molecule has 144 valence electrons. The average molecular weight is 450 g/mol. The van der Waals surface area contributed by atoms with E-state index in [2.05, 4.69) is 15.9 Å². The van der Waals surface area contributed by atoms with Gasteiger partial charge in [-0.2, -0.15) is 0 Å². The molecule has 6 nitrogen and oxygen atoms in total. The summed E-state index contributed by atoms with van der Waals surface area (Å²) in [7, 11) is 0. The fourth-order valence-electron chi connectivity index (χ4n) is 2.80. The Morgan fingerprint density at radius 3 is 2.46 bits per heavy atom.